The Labute approximate surface area is 94.7 Å². The Morgan fingerprint density at radius 2 is 1.88 bits per heavy atom. The molecule has 86 valence electrons. The van der Waals surface area contributed by atoms with Crippen molar-refractivity contribution in [1.29, 1.82) is 0 Å². The molecule has 0 radical (unpaired) electrons. The van der Waals surface area contributed by atoms with E-state index < -0.39 is 0 Å². The van der Waals surface area contributed by atoms with Crippen molar-refractivity contribution in [2.45, 2.75) is 19.1 Å². The van der Waals surface area contributed by atoms with E-state index in [9.17, 15) is 4.79 Å². The molecular weight excluding hydrogens is 204 g/mol. The van der Waals surface area contributed by atoms with E-state index in [1.54, 1.807) is 4.90 Å². The summed E-state index contributed by atoms with van der Waals surface area (Å²) in [5.41, 5.74) is 7.55. The number of benzene rings is 1. The van der Waals surface area contributed by atoms with E-state index in [2.05, 4.69) is 0 Å². The molecule has 0 spiro atoms. The van der Waals surface area contributed by atoms with Gasteiger partial charge in [0, 0.05) is 19.6 Å². The van der Waals surface area contributed by atoms with E-state index >= 15 is 0 Å². The van der Waals surface area contributed by atoms with Crippen molar-refractivity contribution in [3.05, 3.63) is 35.4 Å². The average molecular weight is 220 g/mol. The molecule has 0 aliphatic carbocycles. The maximum atomic E-state index is 11.7. The average Bonchev–Trinajstić information content (AvgIpc) is 2.26. The van der Waals surface area contributed by atoms with Crippen molar-refractivity contribution >= 4 is 5.91 Å². The summed E-state index contributed by atoms with van der Waals surface area (Å²) in [5, 5.41) is 9.09. The van der Waals surface area contributed by atoms with Gasteiger partial charge in [-0.05, 0) is 11.1 Å². The lowest BCUT2D eigenvalue weighted by Crippen LogP contribution is -2.53. The molecule has 0 bridgehead atoms. The highest BCUT2D eigenvalue weighted by molar-refractivity contribution is 5.79. The Bertz CT molecular complexity index is 369. The molecule has 3 N–H and O–H groups in total. The molecule has 4 nitrogen and oxygen atoms in total. The van der Waals surface area contributed by atoms with Crippen LogP contribution >= 0.6 is 0 Å². The van der Waals surface area contributed by atoms with Crippen LogP contribution in [-0.4, -0.2) is 35.1 Å². The van der Waals surface area contributed by atoms with Crippen LogP contribution in [0.2, 0.25) is 0 Å². The van der Waals surface area contributed by atoms with Crippen LogP contribution in [0.3, 0.4) is 0 Å². The van der Waals surface area contributed by atoms with Crippen LogP contribution in [0, 0.1) is 0 Å². The zero-order valence-corrected chi connectivity index (χ0v) is 9.10. The van der Waals surface area contributed by atoms with Gasteiger partial charge >= 0.3 is 0 Å². The number of rotatable bonds is 3. The van der Waals surface area contributed by atoms with Crippen LogP contribution < -0.4 is 5.73 Å². The Morgan fingerprint density at radius 1 is 1.31 bits per heavy atom. The molecule has 1 fully saturated rings. The Kier molecular flexibility index (Phi) is 3.22. The van der Waals surface area contributed by atoms with E-state index in [-0.39, 0.29) is 12.0 Å². The first kappa shape index (κ1) is 11.1. The zero-order chi connectivity index (χ0) is 11.5. The van der Waals surface area contributed by atoms with Gasteiger partial charge in [-0.25, -0.2) is 0 Å². The van der Waals surface area contributed by atoms with E-state index in [4.69, 9.17) is 10.8 Å². The molecule has 1 saturated heterocycles. The third kappa shape index (κ3) is 2.40. The van der Waals surface area contributed by atoms with Gasteiger partial charge in [0.1, 0.15) is 0 Å². The van der Waals surface area contributed by atoms with Gasteiger partial charge in [-0.2, -0.15) is 0 Å². The standard InChI is InChI=1S/C12H16N2O2/c13-6-10-3-1-9(2-4-10)5-12(16)14-7-11(15)8-14/h1-4,11,15H,5-8,13H2. The highest BCUT2D eigenvalue weighted by Gasteiger charge is 2.28. The second kappa shape index (κ2) is 4.63. The van der Waals surface area contributed by atoms with Gasteiger partial charge < -0.3 is 15.7 Å². The molecular formula is C12H16N2O2. The third-order valence-electron chi connectivity index (χ3n) is 2.83. The molecule has 0 aromatic heterocycles. The fourth-order valence-electron chi connectivity index (χ4n) is 1.74. The number of nitrogens with two attached hydrogens (primary N) is 1. The molecule has 1 heterocycles. The fourth-order valence-corrected chi connectivity index (χ4v) is 1.74. The highest BCUT2D eigenvalue weighted by atomic mass is 16.3. The molecule has 16 heavy (non-hydrogen) atoms. The van der Waals surface area contributed by atoms with Crippen molar-refractivity contribution in [2.75, 3.05) is 13.1 Å². The number of aliphatic hydroxyl groups excluding tert-OH is 1. The van der Waals surface area contributed by atoms with Crippen LogP contribution in [0.5, 0.6) is 0 Å². The summed E-state index contributed by atoms with van der Waals surface area (Å²) in [5.74, 6) is 0.0748. The molecule has 0 atom stereocenters. The number of nitrogens with zero attached hydrogens (tertiary/aromatic N) is 1. The quantitative estimate of drug-likeness (QED) is 0.747. The van der Waals surface area contributed by atoms with Gasteiger partial charge in [-0.3, -0.25) is 4.79 Å². The number of β-amino-alcohol motifs (C(OH)–C–C–N with tert-alkyl or cyclic N) is 1. The molecule has 0 unspecified atom stereocenters. The lowest BCUT2D eigenvalue weighted by molar-refractivity contribution is -0.140. The lowest BCUT2D eigenvalue weighted by atomic mass is 10.1. The van der Waals surface area contributed by atoms with Crippen molar-refractivity contribution in [1.82, 2.24) is 4.90 Å². The monoisotopic (exact) mass is 220 g/mol. The first-order valence-electron chi connectivity index (χ1n) is 5.43. The zero-order valence-electron chi connectivity index (χ0n) is 9.10. The Balaban J connectivity index is 1.90. The molecule has 0 saturated carbocycles. The summed E-state index contributed by atoms with van der Waals surface area (Å²) in [7, 11) is 0. The van der Waals surface area contributed by atoms with Crippen LogP contribution in [0.1, 0.15) is 11.1 Å². The highest BCUT2D eigenvalue weighted by Crippen LogP contribution is 2.11. The summed E-state index contributed by atoms with van der Waals surface area (Å²) in [6, 6.07) is 7.73. The lowest BCUT2D eigenvalue weighted by Gasteiger charge is -2.35. The maximum absolute atomic E-state index is 11.7. The van der Waals surface area contributed by atoms with Crippen molar-refractivity contribution in [2.24, 2.45) is 5.73 Å². The van der Waals surface area contributed by atoms with Gasteiger partial charge in [0.05, 0.1) is 12.5 Å². The number of aliphatic hydroxyl groups is 1. The van der Waals surface area contributed by atoms with Crippen molar-refractivity contribution in [3.63, 3.8) is 0 Å². The predicted molar refractivity (Wildman–Crippen MR) is 60.6 cm³/mol. The first-order valence-corrected chi connectivity index (χ1v) is 5.43. The van der Waals surface area contributed by atoms with Gasteiger partial charge in [-0.1, -0.05) is 24.3 Å². The smallest absolute Gasteiger partial charge is 0.227 e. The summed E-state index contributed by atoms with van der Waals surface area (Å²) in [4.78, 5) is 13.4. The van der Waals surface area contributed by atoms with E-state index in [1.165, 1.54) is 0 Å². The van der Waals surface area contributed by atoms with E-state index in [1.807, 2.05) is 24.3 Å². The third-order valence-corrected chi connectivity index (χ3v) is 2.83. The summed E-state index contributed by atoms with van der Waals surface area (Å²) >= 11 is 0. The van der Waals surface area contributed by atoms with Crippen LogP contribution in [0.25, 0.3) is 0 Å². The van der Waals surface area contributed by atoms with E-state index in [0.29, 0.717) is 26.1 Å². The SMILES string of the molecule is NCc1ccc(CC(=O)N2CC(O)C2)cc1. The largest absolute Gasteiger partial charge is 0.389 e. The second-order valence-corrected chi connectivity index (χ2v) is 4.15. The van der Waals surface area contributed by atoms with Crippen LogP contribution in [-0.2, 0) is 17.8 Å². The van der Waals surface area contributed by atoms with Gasteiger partial charge in [0.25, 0.3) is 0 Å². The molecule has 1 amide bonds. The minimum atomic E-state index is -0.330. The normalized spacial score (nSPS) is 16.0. The number of likely N-dealkylation sites (tertiary alicyclic amines) is 1. The van der Waals surface area contributed by atoms with Gasteiger partial charge in [-0.15, -0.1) is 0 Å². The topological polar surface area (TPSA) is 66.6 Å². The Hall–Kier alpha value is -1.39. The van der Waals surface area contributed by atoms with Crippen LogP contribution in [0.4, 0.5) is 0 Å². The number of carbonyl (C=O) groups excluding carboxylic acids is 1. The first-order chi connectivity index (χ1) is 7.69. The van der Waals surface area contributed by atoms with E-state index in [0.717, 1.165) is 11.1 Å². The molecule has 1 aliphatic heterocycles. The molecule has 2 rings (SSSR count). The maximum Gasteiger partial charge on any atom is 0.227 e. The van der Waals surface area contributed by atoms with Crippen LogP contribution in [0.15, 0.2) is 24.3 Å². The molecule has 1 aromatic carbocycles. The summed E-state index contributed by atoms with van der Waals surface area (Å²) in [6.45, 7) is 1.46. The van der Waals surface area contributed by atoms with Crippen molar-refractivity contribution < 1.29 is 9.90 Å². The number of amides is 1. The summed E-state index contributed by atoms with van der Waals surface area (Å²) < 4.78 is 0. The minimum absolute atomic E-state index is 0.0748. The van der Waals surface area contributed by atoms with Gasteiger partial charge in [0.2, 0.25) is 5.91 Å². The molecule has 1 aromatic rings. The number of hydrogen-bond donors (Lipinski definition) is 2. The molecule has 1 aliphatic rings. The second-order valence-electron chi connectivity index (χ2n) is 4.15. The molecule has 4 heteroatoms. The fraction of sp³-hybridized carbons (Fsp3) is 0.417. The Morgan fingerprint density at radius 3 is 2.38 bits per heavy atom. The predicted octanol–water partition coefficient (Wildman–Crippen LogP) is -0.109. The number of carbonyl (C=O) groups is 1. The number of hydrogen-bond acceptors (Lipinski definition) is 3. The van der Waals surface area contributed by atoms with Crippen molar-refractivity contribution in [3.8, 4) is 0 Å². The summed E-state index contributed by atoms with van der Waals surface area (Å²) in [6.07, 6.45) is 0.0703. The minimum Gasteiger partial charge on any atom is -0.389 e. The van der Waals surface area contributed by atoms with Gasteiger partial charge in [0.15, 0.2) is 0 Å².